The highest BCUT2D eigenvalue weighted by atomic mass is 35.5. The van der Waals surface area contributed by atoms with Gasteiger partial charge in [0.05, 0.1) is 33.5 Å². The number of benzene rings is 4. The lowest BCUT2D eigenvalue weighted by Gasteiger charge is -2.53. The molecule has 8 rings (SSSR count). The summed E-state index contributed by atoms with van der Waals surface area (Å²) in [7, 11) is -1.94. The zero-order valence-electron chi connectivity index (χ0n) is 42.3. The number of nitrogens with one attached hydrogen (secondary N) is 2. The highest BCUT2D eigenvalue weighted by Gasteiger charge is 2.53. The predicted octanol–water partition coefficient (Wildman–Crippen LogP) is 7.96. The molecule has 5 atom stereocenters. The summed E-state index contributed by atoms with van der Waals surface area (Å²) in [5.74, 6) is -2.49. The van der Waals surface area contributed by atoms with E-state index >= 15 is 4.79 Å². The molecule has 5 amide bonds. The molecule has 0 spiro atoms. The number of carbonyl (C=O) groups excluding carboxylic acids is 5. The Kier molecular flexibility index (Phi) is 16.1. The van der Waals surface area contributed by atoms with E-state index in [2.05, 4.69) is 15.5 Å². The van der Waals surface area contributed by atoms with Crippen LogP contribution in [-0.2, 0) is 42.5 Å². The molecule has 3 fully saturated rings. The van der Waals surface area contributed by atoms with Crippen LogP contribution >= 0.6 is 23.2 Å². The van der Waals surface area contributed by atoms with E-state index in [1.165, 1.54) is 4.57 Å². The van der Waals surface area contributed by atoms with E-state index < -0.39 is 50.4 Å². The van der Waals surface area contributed by atoms with Crippen molar-refractivity contribution in [3.63, 3.8) is 0 Å². The number of imide groups is 1. The van der Waals surface area contributed by atoms with Gasteiger partial charge in [0.1, 0.15) is 6.04 Å². The third-order valence-electron chi connectivity index (χ3n) is 15.1. The lowest BCUT2D eigenvalue weighted by Crippen LogP contribution is -2.59. The van der Waals surface area contributed by atoms with E-state index in [0.717, 1.165) is 41.6 Å². The fourth-order valence-corrected chi connectivity index (χ4v) is 12.6. The summed E-state index contributed by atoms with van der Waals surface area (Å²) in [6.45, 7) is 12.3. The number of hydrogen-bond donors (Lipinski definition) is 2. The summed E-state index contributed by atoms with van der Waals surface area (Å²) in [5, 5.41) is 5.69. The minimum Gasteiger partial charge on any atom is -0.336 e. The first-order valence-corrected chi connectivity index (χ1v) is 27.6. The van der Waals surface area contributed by atoms with Crippen molar-refractivity contribution in [1.29, 1.82) is 0 Å². The van der Waals surface area contributed by atoms with Crippen LogP contribution in [0.2, 0.25) is 10.0 Å². The molecular weight excluding hydrogens is 990 g/mol. The van der Waals surface area contributed by atoms with Gasteiger partial charge in [0.25, 0.3) is 5.91 Å². The molecular formula is C55H65Cl2N7O8S. The Morgan fingerprint density at radius 1 is 0.836 bits per heavy atom. The zero-order chi connectivity index (χ0) is 52.5. The van der Waals surface area contributed by atoms with Crippen LogP contribution in [0, 0.1) is 11.3 Å². The number of aromatic nitrogens is 2. The first-order chi connectivity index (χ1) is 34.6. The van der Waals surface area contributed by atoms with E-state index in [0.29, 0.717) is 53.0 Å². The Hall–Kier alpha value is -5.81. The molecule has 5 aromatic rings. The fourth-order valence-electron chi connectivity index (χ4n) is 10.8. The number of likely N-dealkylation sites (tertiary alicyclic amines) is 1. The van der Waals surface area contributed by atoms with Crippen molar-refractivity contribution in [2.45, 2.75) is 102 Å². The number of fused-ring (bicyclic) bond motifs is 1. The number of nitrogens with zero attached hydrogens (tertiary/aromatic N) is 5. The third kappa shape index (κ3) is 11.6. The second-order valence-corrected chi connectivity index (χ2v) is 24.3. The molecule has 1 aromatic heterocycles. The minimum absolute atomic E-state index is 0.109. The number of piperazine rings is 1. The van der Waals surface area contributed by atoms with E-state index in [1.54, 1.807) is 79.8 Å². The maximum Gasteiger partial charge on any atom is 0.329 e. The molecule has 1 unspecified atom stereocenters. The molecule has 18 heteroatoms. The number of hydrogen-bond acceptors (Lipinski definition) is 9. The van der Waals surface area contributed by atoms with Crippen molar-refractivity contribution >= 4 is 79.3 Å². The number of rotatable bonds is 16. The average Bonchev–Trinajstić information content (AvgIpc) is 3.59. The highest BCUT2D eigenvalue weighted by molar-refractivity contribution is 7.92. The molecule has 15 nitrogen and oxygen atoms in total. The monoisotopic (exact) mass is 1050 g/mol. The molecule has 3 aliphatic heterocycles. The quantitative estimate of drug-likeness (QED) is 0.0928. The van der Waals surface area contributed by atoms with Crippen molar-refractivity contribution in [2.24, 2.45) is 18.4 Å². The first kappa shape index (κ1) is 53.5. The van der Waals surface area contributed by atoms with Crippen LogP contribution in [0.4, 0.5) is 5.69 Å². The largest absolute Gasteiger partial charge is 0.336 e. The second-order valence-electron chi connectivity index (χ2n) is 20.9. The Labute approximate surface area is 437 Å². The number of imidazole rings is 1. The summed E-state index contributed by atoms with van der Waals surface area (Å²) < 4.78 is 30.4. The average molecular weight is 1060 g/mol. The van der Waals surface area contributed by atoms with Gasteiger partial charge in [-0.1, -0.05) is 74.3 Å². The molecule has 0 bridgehead atoms. The van der Waals surface area contributed by atoms with E-state index in [-0.39, 0.29) is 66.7 Å². The van der Waals surface area contributed by atoms with Crippen LogP contribution in [-0.4, -0.2) is 112 Å². The van der Waals surface area contributed by atoms with Crippen molar-refractivity contribution in [2.75, 3.05) is 43.8 Å². The summed E-state index contributed by atoms with van der Waals surface area (Å²) in [6, 6.07) is 25.3. The fraction of sp³-hybridized carbons (Fsp3) is 0.455. The Morgan fingerprint density at radius 2 is 1.53 bits per heavy atom. The van der Waals surface area contributed by atoms with Gasteiger partial charge in [0.15, 0.2) is 9.84 Å². The highest BCUT2D eigenvalue weighted by Crippen LogP contribution is 2.53. The van der Waals surface area contributed by atoms with Crippen molar-refractivity contribution in [3.05, 3.63) is 134 Å². The number of carbonyl (C=O) groups is 5. The number of amides is 5. The molecule has 3 saturated heterocycles. The van der Waals surface area contributed by atoms with E-state index in [1.807, 2.05) is 67.3 Å². The maximum absolute atomic E-state index is 15.3. The second kappa shape index (κ2) is 22.0. The van der Waals surface area contributed by atoms with Gasteiger partial charge < -0.3 is 15.1 Å². The van der Waals surface area contributed by atoms with Gasteiger partial charge in [0, 0.05) is 79.3 Å². The van der Waals surface area contributed by atoms with Crippen molar-refractivity contribution < 1.29 is 32.4 Å². The number of piperidine rings is 2. The summed E-state index contributed by atoms with van der Waals surface area (Å²) in [6.07, 6.45) is 2.20. The van der Waals surface area contributed by atoms with E-state index in [9.17, 15) is 32.4 Å². The van der Waals surface area contributed by atoms with Crippen LogP contribution in [0.15, 0.2) is 95.8 Å². The molecule has 0 aliphatic carbocycles. The van der Waals surface area contributed by atoms with Crippen LogP contribution < -0.4 is 16.3 Å². The van der Waals surface area contributed by atoms with Gasteiger partial charge in [-0.15, -0.1) is 0 Å². The summed E-state index contributed by atoms with van der Waals surface area (Å²) in [4.78, 5) is 86.5. The number of sulfone groups is 1. The van der Waals surface area contributed by atoms with Gasteiger partial charge in [-0.25, -0.2) is 13.2 Å². The van der Waals surface area contributed by atoms with Crippen LogP contribution in [0.1, 0.15) is 112 Å². The van der Waals surface area contributed by atoms with Crippen LogP contribution in [0.3, 0.4) is 0 Å². The molecule has 388 valence electrons. The van der Waals surface area contributed by atoms with E-state index in [4.69, 9.17) is 23.2 Å². The Balaban J connectivity index is 0.900. The lowest BCUT2D eigenvalue weighted by molar-refractivity contribution is -0.157. The Bertz CT molecular complexity index is 3080. The smallest absolute Gasteiger partial charge is 0.329 e. The molecule has 2 N–H and O–H groups in total. The van der Waals surface area contributed by atoms with Gasteiger partial charge in [-0.05, 0) is 129 Å². The van der Waals surface area contributed by atoms with Gasteiger partial charge >= 0.3 is 5.69 Å². The molecule has 4 aromatic carbocycles. The number of aryl methyl sites for hydroxylation is 2. The molecule has 0 saturated carbocycles. The summed E-state index contributed by atoms with van der Waals surface area (Å²) >= 11 is 13.0. The normalized spacial score (nSPS) is 21.5. The van der Waals surface area contributed by atoms with Crippen molar-refractivity contribution in [3.8, 4) is 0 Å². The van der Waals surface area contributed by atoms with Crippen molar-refractivity contribution in [1.82, 2.24) is 29.2 Å². The number of anilines is 1. The molecule has 73 heavy (non-hydrogen) atoms. The minimum atomic E-state index is -3.63. The maximum atomic E-state index is 15.3. The van der Waals surface area contributed by atoms with Gasteiger partial charge in [0.2, 0.25) is 23.6 Å². The lowest BCUT2D eigenvalue weighted by atomic mass is 9.66. The van der Waals surface area contributed by atoms with Crippen LogP contribution in [0.5, 0.6) is 0 Å². The molecule has 4 heterocycles. The number of halogens is 2. The zero-order valence-corrected chi connectivity index (χ0v) is 44.6. The standard InChI is InChI=1S/C55H65Cl2N7O8S/c1-34(2)47(33-73(71,72)35(3)4)64-50(37-13-17-40(56)18-14-37)43(39-10-7-11-41(57)30-39)31-55(5,53(64)69)32-49(66)58-42-19-15-38(16-20-42)52(68)62-27-25-61(26-28-62)24-8-9-36-12-21-44-46(29-36)60(6)54(70)63(44)45-22-23-48(65)59-51(45)67/h7,10-21,29-30,34-35,43,45,47,50H,8-9,22-28,31-33H2,1-6H3,(H,58,66)(H,59,65,67)/t43-,45?,47-,50-,55-/m1/s1. The Morgan fingerprint density at radius 3 is 2.18 bits per heavy atom. The van der Waals surface area contributed by atoms with Crippen LogP contribution in [0.25, 0.3) is 11.0 Å². The van der Waals surface area contributed by atoms with Gasteiger partial charge in [-0.3, -0.25) is 43.3 Å². The SMILES string of the molecule is CC(C)[C@@H](CS(=O)(=O)C(C)C)N1C(=O)[C@@](C)(CC(=O)Nc2ccc(C(=O)N3CCN(CCCc4ccc5c(c4)n(C)c(=O)n5C4CCC(=O)NC4=O)CC3)cc2)C[C@H](c2cccc(Cl)c2)[C@H]1c1ccc(Cl)cc1. The topological polar surface area (TPSA) is 180 Å². The predicted molar refractivity (Wildman–Crippen MR) is 284 cm³/mol. The first-order valence-electron chi connectivity index (χ1n) is 25.1. The molecule has 3 aliphatic rings. The van der Waals surface area contributed by atoms with Gasteiger partial charge in [-0.2, -0.15) is 0 Å². The molecule has 0 radical (unpaired) electrons. The third-order valence-corrected chi connectivity index (χ3v) is 17.8. The summed E-state index contributed by atoms with van der Waals surface area (Å²) in [5.41, 5.74) is 3.51.